The first kappa shape index (κ1) is 22.3. The van der Waals surface area contributed by atoms with E-state index in [0.29, 0.717) is 13.0 Å². The maximum absolute atomic E-state index is 13.6. The van der Waals surface area contributed by atoms with Gasteiger partial charge in [-0.1, -0.05) is 91.0 Å². The summed E-state index contributed by atoms with van der Waals surface area (Å²) in [6.07, 6.45) is 0.938. The first-order valence-corrected chi connectivity index (χ1v) is 11.4. The van der Waals surface area contributed by atoms with Crippen LogP contribution in [0.3, 0.4) is 0 Å². The minimum Gasteiger partial charge on any atom is -0.392 e. The normalized spacial score (nSPS) is 17.4. The van der Waals surface area contributed by atoms with Gasteiger partial charge in [0.05, 0.1) is 12.1 Å². The summed E-state index contributed by atoms with van der Waals surface area (Å²) in [5.74, 6) is 0.133. The van der Waals surface area contributed by atoms with Crippen molar-refractivity contribution >= 4 is 5.91 Å². The Labute approximate surface area is 191 Å². The number of hydrogen-bond acceptors (Lipinski definition) is 3. The van der Waals surface area contributed by atoms with Gasteiger partial charge in [-0.3, -0.25) is 9.69 Å². The minimum absolute atomic E-state index is 0.0115. The number of aliphatic hydroxyl groups excluding tert-OH is 1. The number of rotatable bonds is 8. The molecular weight excluding hydrogens is 396 g/mol. The summed E-state index contributed by atoms with van der Waals surface area (Å²) < 4.78 is 0. The molecule has 2 atom stereocenters. The fourth-order valence-electron chi connectivity index (χ4n) is 4.64. The lowest BCUT2D eigenvalue weighted by Gasteiger charge is -2.33. The van der Waals surface area contributed by atoms with Crippen LogP contribution < -0.4 is 0 Å². The monoisotopic (exact) mass is 428 g/mol. The van der Waals surface area contributed by atoms with E-state index >= 15 is 0 Å². The van der Waals surface area contributed by atoms with E-state index in [4.69, 9.17) is 0 Å². The van der Waals surface area contributed by atoms with Gasteiger partial charge in [0.2, 0.25) is 5.91 Å². The third-order valence-electron chi connectivity index (χ3n) is 6.51. The third kappa shape index (κ3) is 5.45. The van der Waals surface area contributed by atoms with Crippen molar-refractivity contribution in [1.82, 2.24) is 9.80 Å². The number of carbonyl (C=O) groups excluding carboxylic acids is 1. The summed E-state index contributed by atoms with van der Waals surface area (Å²) in [5.41, 5.74) is 3.43. The molecule has 0 radical (unpaired) electrons. The lowest BCUT2D eigenvalue weighted by Crippen LogP contribution is -2.39. The van der Waals surface area contributed by atoms with E-state index in [-0.39, 0.29) is 24.0 Å². The Kier molecular flexibility index (Phi) is 7.35. The molecule has 1 heterocycles. The second-order valence-corrected chi connectivity index (χ2v) is 8.71. The molecule has 1 aliphatic rings. The number of β-amino-alcohol motifs (C(OH)–C–C–N with tert-alkyl or cyclic N) is 1. The van der Waals surface area contributed by atoms with E-state index in [1.165, 1.54) is 0 Å². The first-order valence-electron chi connectivity index (χ1n) is 11.4. The molecule has 166 valence electrons. The molecule has 1 saturated heterocycles. The van der Waals surface area contributed by atoms with Crippen LogP contribution in [0.1, 0.15) is 41.5 Å². The van der Waals surface area contributed by atoms with Gasteiger partial charge in [0.25, 0.3) is 0 Å². The Bertz CT molecular complexity index is 939. The number of amides is 1. The number of hydrogen-bond donors (Lipinski definition) is 1. The fourth-order valence-corrected chi connectivity index (χ4v) is 4.64. The Morgan fingerprint density at radius 1 is 0.906 bits per heavy atom. The maximum atomic E-state index is 13.6. The standard InChI is InChI=1S/C28H32N2O2/c1-29(27(24-15-9-4-10-16-24)21-30-18-17-25(31)20-30)28(32)19-26(22-11-5-2-6-12-22)23-13-7-3-8-14-23/h2-16,25-27,31H,17-21H2,1H3/t25-,27+/m0/s1. The van der Waals surface area contributed by atoms with Crippen molar-refractivity contribution in [3.63, 3.8) is 0 Å². The number of likely N-dealkylation sites (tertiary alicyclic amines) is 1. The number of nitrogens with zero attached hydrogens (tertiary/aromatic N) is 2. The molecule has 0 spiro atoms. The average molecular weight is 429 g/mol. The van der Waals surface area contributed by atoms with E-state index in [0.717, 1.165) is 36.2 Å². The molecule has 0 aromatic heterocycles. The molecule has 3 aromatic rings. The summed E-state index contributed by atoms with van der Waals surface area (Å²) in [7, 11) is 1.92. The highest BCUT2D eigenvalue weighted by atomic mass is 16.3. The van der Waals surface area contributed by atoms with Gasteiger partial charge in [0.1, 0.15) is 0 Å². The smallest absolute Gasteiger partial charge is 0.223 e. The molecule has 1 fully saturated rings. The van der Waals surface area contributed by atoms with E-state index < -0.39 is 0 Å². The Balaban J connectivity index is 1.57. The van der Waals surface area contributed by atoms with Crippen molar-refractivity contribution in [3.8, 4) is 0 Å². The third-order valence-corrected chi connectivity index (χ3v) is 6.51. The van der Waals surface area contributed by atoms with Crippen LogP contribution in [0.25, 0.3) is 0 Å². The molecule has 4 heteroatoms. The van der Waals surface area contributed by atoms with Crippen LogP contribution >= 0.6 is 0 Å². The molecule has 4 nitrogen and oxygen atoms in total. The zero-order valence-electron chi connectivity index (χ0n) is 18.7. The van der Waals surface area contributed by atoms with E-state index in [1.54, 1.807) is 0 Å². The van der Waals surface area contributed by atoms with E-state index in [1.807, 2.05) is 66.5 Å². The molecule has 1 N–H and O–H groups in total. The number of benzene rings is 3. The number of aliphatic hydroxyl groups is 1. The van der Waals surface area contributed by atoms with Crippen LogP contribution in [0.2, 0.25) is 0 Å². The quantitative estimate of drug-likeness (QED) is 0.576. The minimum atomic E-state index is -0.270. The summed E-state index contributed by atoms with van der Waals surface area (Å²) in [5, 5.41) is 9.98. The van der Waals surface area contributed by atoms with Crippen LogP contribution in [0, 0.1) is 0 Å². The van der Waals surface area contributed by atoms with Crippen molar-refractivity contribution < 1.29 is 9.90 Å². The van der Waals surface area contributed by atoms with Gasteiger partial charge in [-0.15, -0.1) is 0 Å². The van der Waals surface area contributed by atoms with Gasteiger partial charge in [-0.25, -0.2) is 0 Å². The molecule has 0 unspecified atom stereocenters. The predicted molar refractivity (Wildman–Crippen MR) is 128 cm³/mol. The van der Waals surface area contributed by atoms with Crippen molar-refractivity contribution in [2.24, 2.45) is 0 Å². The van der Waals surface area contributed by atoms with E-state index in [9.17, 15) is 9.90 Å². The van der Waals surface area contributed by atoms with Crippen LogP contribution in [-0.2, 0) is 4.79 Å². The van der Waals surface area contributed by atoms with Crippen molar-refractivity contribution in [2.75, 3.05) is 26.7 Å². The maximum Gasteiger partial charge on any atom is 0.223 e. The molecule has 32 heavy (non-hydrogen) atoms. The highest BCUT2D eigenvalue weighted by Gasteiger charge is 2.29. The highest BCUT2D eigenvalue weighted by Crippen LogP contribution is 2.31. The van der Waals surface area contributed by atoms with Gasteiger partial charge < -0.3 is 10.0 Å². The molecule has 1 amide bonds. The molecule has 0 bridgehead atoms. The highest BCUT2D eigenvalue weighted by molar-refractivity contribution is 5.78. The van der Waals surface area contributed by atoms with Gasteiger partial charge in [-0.05, 0) is 23.1 Å². The number of likely N-dealkylation sites (N-methyl/N-ethyl adjacent to an activating group) is 1. The second-order valence-electron chi connectivity index (χ2n) is 8.71. The summed E-state index contributed by atoms with van der Waals surface area (Å²) >= 11 is 0. The largest absolute Gasteiger partial charge is 0.392 e. The Morgan fingerprint density at radius 3 is 1.88 bits per heavy atom. The van der Waals surface area contributed by atoms with Gasteiger partial charge in [-0.2, -0.15) is 0 Å². The lowest BCUT2D eigenvalue weighted by atomic mass is 9.88. The molecule has 0 aliphatic carbocycles. The Hall–Kier alpha value is -2.95. The number of carbonyl (C=O) groups is 1. The molecule has 1 aliphatic heterocycles. The lowest BCUT2D eigenvalue weighted by molar-refractivity contribution is -0.132. The molecular formula is C28H32N2O2. The summed E-state index contributed by atoms with van der Waals surface area (Å²) in [6, 6.07) is 30.7. The predicted octanol–water partition coefficient (Wildman–Crippen LogP) is 4.47. The van der Waals surface area contributed by atoms with Gasteiger partial charge >= 0.3 is 0 Å². The van der Waals surface area contributed by atoms with Crippen molar-refractivity contribution in [2.45, 2.75) is 30.9 Å². The van der Waals surface area contributed by atoms with Gasteiger partial charge in [0.15, 0.2) is 0 Å². The first-order chi connectivity index (χ1) is 15.6. The second kappa shape index (κ2) is 10.6. The molecule has 4 rings (SSSR count). The van der Waals surface area contributed by atoms with Crippen LogP contribution in [0.15, 0.2) is 91.0 Å². The van der Waals surface area contributed by atoms with Gasteiger partial charge in [0, 0.05) is 39.0 Å². The van der Waals surface area contributed by atoms with Crippen LogP contribution in [-0.4, -0.2) is 53.6 Å². The summed E-state index contributed by atoms with van der Waals surface area (Å²) in [6.45, 7) is 2.26. The van der Waals surface area contributed by atoms with Crippen molar-refractivity contribution in [1.29, 1.82) is 0 Å². The zero-order chi connectivity index (χ0) is 22.3. The van der Waals surface area contributed by atoms with Crippen LogP contribution in [0.5, 0.6) is 0 Å². The fraction of sp³-hybridized carbons (Fsp3) is 0.321. The topological polar surface area (TPSA) is 43.8 Å². The van der Waals surface area contributed by atoms with Crippen LogP contribution in [0.4, 0.5) is 0 Å². The van der Waals surface area contributed by atoms with Crippen molar-refractivity contribution in [3.05, 3.63) is 108 Å². The Morgan fingerprint density at radius 2 is 1.41 bits per heavy atom. The van der Waals surface area contributed by atoms with E-state index in [2.05, 4.69) is 41.3 Å². The zero-order valence-corrected chi connectivity index (χ0v) is 18.7. The summed E-state index contributed by atoms with van der Waals surface area (Å²) in [4.78, 5) is 17.8. The molecule has 0 saturated carbocycles. The molecule has 3 aromatic carbocycles. The average Bonchev–Trinajstić information content (AvgIpc) is 3.26. The SMILES string of the molecule is CN(C(=O)CC(c1ccccc1)c1ccccc1)[C@H](CN1CC[C@H](O)C1)c1ccccc1.